The van der Waals surface area contributed by atoms with E-state index in [0.717, 1.165) is 5.56 Å². The van der Waals surface area contributed by atoms with Gasteiger partial charge in [-0.25, -0.2) is 0 Å². The third kappa shape index (κ3) is 3.41. The Hall–Kier alpha value is -1.27. The highest BCUT2D eigenvalue weighted by atomic mass is 32.2. The highest BCUT2D eigenvalue weighted by Crippen LogP contribution is 2.18. The van der Waals surface area contributed by atoms with Gasteiger partial charge in [0.05, 0.1) is 5.69 Å². The molecule has 15 heavy (non-hydrogen) atoms. The highest BCUT2D eigenvalue weighted by molar-refractivity contribution is 7.90. The van der Waals surface area contributed by atoms with Gasteiger partial charge in [-0.3, -0.25) is 4.72 Å². The molecule has 0 amide bonds. The van der Waals surface area contributed by atoms with Crippen molar-refractivity contribution < 1.29 is 8.42 Å². The largest absolute Gasteiger partial charge is 0.399 e. The fraction of sp³-hybridized carbons (Fsp3) is 0.333. The number of rotatable bonds is 4. The number of hydrogen-bond donors (Lipinski definition) is 3. The predicted molar refractivity (Wildman–Crippen MR) is 61.8 cm³/mol. The van der Waals surface area contributed by atoms with Crippen molar-refractivity contribution in [3.05, 3.63) is 23.8 Å². The van der Waals surface area contributed by atoms with Crippen LogP contribution in [0.1, 0.15) is 12.5 Å². The van der Waals surface area contributed by atoms with E-state index >= 15 is 0 Å². The van der Waals surface area contributed by atoms with Gasteiger partial charge in [-0.15, -0.1) is 0 Å². The molecule has 0 fully saturated rings. The zero-order chi connectivity index (χ0) is 11.5. The molecule has 0 unspecified atom stereocenters. The molecule has 4 N–H and O–H groups in total. The van der Waals surface area contributed by atoms with E-state index in [1.807, 2.05) is 0 Å². The minimum Gasteiger partial charge on any atom is -0.399 e. The SMILES string of the molecule is CCNS(=O)(=O)Nc1ccc(N)cc1C. The molecular formula is C9H15N3O2S. The van der Waals surface area contributed by atoms with Gasteiger partial charge >= 0.3 is 0 Å². The van der Waals surface area contributed by atoms with Gasteiger partial charge in [0.25, 0.3) is 10.2 Å². The maximum absolute atomic E-state index is 11.4. The molecule has 0 heterocycles. The molecule has 0 aliphatic heterocycles. The summed E-state index contributed by atoms with van der Waals surface area (Å²) in [4.78, 5) is 0. The zero-order valence-corrected chi connectivity index (χ0v) is 9.56. The number of aryl methyl sites for hydroxylation is 1. The molecule has 0 atom stereocenters. The van der Waals surface area contributed by atoms with Crippen molar-refractivity contribution in [2.75, 3.05) is 17.0 Å². The summed E-state index contributed by atoms with van der Waals surface area (Å²) in [7, 11) is -3.46. The Kier molecular flexibility index (Phi) is 3.54. The molecule has 6 heteroatoms. The van der Waals surface area contributed by atoms with Crippen molar-refractivity contribution in [1.82, 2.24) is 4.72 Å². The van der Waals surface area contributed by atoms with E-state index in [4.69, 9.17) is 5.73 Å². The van der Waals surface area contributed by atoms with Gasteiger partial charge in [0, 0.05) is 12.2 Å². The van der Waals surface area contributed by atoms with Crippen LogP contribution in [0.25, 0.3) is 0 Å². The van der Waals surface area contributed by atoms with Crippen molar-refractivity contribution >= 4 is 21.6 Å². The number of nitrogen functional groups attached to an aromatic ring is 1. The van der Waals surface area contributed by atoms with Gasteiger partial charge < -0.3 is 5.73 Å². The Bertz CT molecular complexity index is 443. The van der Waals surface area contributed by atoms with Crippen molar-refractivity contribution in [3.8, 4) is 0 Å². The molecule has 1 aromatic rings. The van der Waals surface area contributed by atoms with E-state index in [2.05, 4.69) is 9.44 Å². The lowest BCUT2D eigenvalue weighted by Gasteiger charge is -2.10. The second-order valence-corrected chi connectivity index (χ2v) is 4.68. The van der Waals surface area contributed by atoms with Crippen LogP contribution in [-0.2, 0) is 10.2 Å². The Morgan fingerprint density at radius 3 is 2.60 bits per heavy atom. The number of hydrogen-bond acceptors (Lipinski definition) is 3. The van der Waals surface area contributed by atoms with Crippen molar-refractivity contribution in [2.24, 2.45) is 0 Å². The van der Waals surface area contributed by atoms with Gasteiger partial charge in [0.15, 0.2) is 0 Å². The fourth-order valence-electron chi connectivity index (χ4n) is 1.17. The lowest BCUT2D eigenvalue weighted by atomic mass is 10.2. The van der Waals surface area contributed by atoms with E-state index in [9.17, 15) is 8.42 Å². The third-order valence-electron chi connectivity index (χ3n) is 1.83. The predicted octanol–water partition coefficient (Wildman–Crippen LogP) is 0.843. The van der Waals surface area contributed by atoms with Crippen molar-refractivity contribution in [2.45, 2.75) is 13.8 Å². The minimum atomic E-state index is -3.46. The quantitative estimate of drug-likeness (QED) is 0.669. The lowest BCUT2D eigenvalue weighted by Crippen LogP contribution is -2.30. The van der Waals surface area contributed by atoms with Crippen LogP contribution >= 0.6 is 0 Å². The molecule has 0 bridgehead atoms. The molecule has 5 nitrogen and oxygen atoms in total. The lowest BCUT2D eigenvalue weighted by molar-refractivity contribution is 0.589. The number of nitrogens with two attached hydrogens (primary N) is 1. The molecule has 0 aliphatic rings. The van der Waals surface area contributed by atoms with Crippen LogP contribution < -0.4 is 15.2 Å². The van der Waals surface area contributed by atoms with Crippen LogP contribution in [0.5, 0.6) is 0 Å². The van der Waals surface area contributed by atoms with E-state index in [0.29, 0.717) is 17.9 Å². The topological polar surface area (TPSA) is 84.2 Å². The zero-order valence-electron chi connectivity index (χ0n) is 8.74. The van der Waals surface area contributed by atoms with Crippen LogP contribution in [0, 0.1) is 6.92 Å². The Balaban J connectivity index is 2.90. The normalized spacial score (nSPS) is 11.3. The first-order chi connectivity index (χ1) is 6.94. The average Bonchev–Trinajstić information content (AvgIpc) is 2.09. The molecule has 1 rings (SSSR count). The molecule has 0 aliphatic carbocycles. The first-order valence-corrected chi connectivity index (χ1v) is 6.06. The summed E-state index contributed by atoms with van der Waals surface area (Å²) < 4.78 is 27.5. The molecule has 1 aromatic carbocycles. The van der Waals surface area contributed by atoms with Crippen LogP contribution in [0.15, 0.2) is 18.2 Å². The first-order valence-electron chi connectivity index (χ1n) is 4.58. The van der Waals surface area contributed by atoms with Gasteiger partial charge in [0.1, 0.15) is 0 Å². The molecular weight excluding hydrogens is 214 g/mol. The maximum Gasteiger partial charge on any atom is 0.299 e. The van der Waals surface area contributed by atoms with Crippen LogP contribution in [0.3, 0.4) is 0 Å². The summed E-state index contributed by atoms with van der Waals surface area (Å²) in [5, 5.41) is 0. The number of nitrogens with one attached hydrogen (secondary N) is 2. The van der Waals surface area contributed by atoms with E-state index in [1.54, 1.807) is 32.0 Å². The average molecular weight is 229 g/mol. The van der Waals surface area contributed by atoms with Crippen molar-refractivity contribution in [1.29, 1.82) is 0 Å². The summed E-state index contributed by atoms with van der Waals surface area (Å²) in [6, 6.07) is 5.00. The smallest absolute Gasteiger partial charge is 0.299 e. The molecule has 0 saturated carbocycles. The van der Waals surface area contributed by atoms with Gasteiger partial charge in [-0.1, -0.05) is 6.92 Å². The first kappa shape index (κ1) is 11.8. The second-order valence-electron chi connectivity index (χ2n) is 3.18. The van der Waals surface area contributed by atoms with E-state index < -0.39 is 10.2 Å². The van der Waals surface area contributed by atoms with E-state index in [-0.39, 0.29) is 0 Å². The highest BCUT2D eigenvalue weighted by Gasteiger charge is 2.09. The Labute approximate surface area is 89.9 Å². The second kappa shape index (κ2) is 4.50. The minimum absolute atomic E-state index is 0.351. The summed E-state index contributed by atoms with van der Waals surface area (Å²) in [5.41, 5.74) is 7.49. The number of anilines is 2. The summed E-state index contributed by atoms with van der Waals surface area (Å²) in [6.45, 7) is 3.86. The standard InChI is InChI=1S/C9H15N3O2S/c1-3-11-15(13,14)12-9-5-4-8(10)6-7(9)2/h4-6,11-12H,3,10H2,1-2H3. The number of benzene rings is 1. The van der Waals surface area contributed by atoms with Crippen LogP contribution in [0.4, 0.5) is 11.4 Å². The third-order valence-corrected chi connectivity index (χ3v) is 2.99. The van der Waals surface area contributed by atoms with Gasteiger partial charge in [0.2, 0.25) is 0 Å². The molecule has 0 aromatic heterocycles. The summed E-state index contributed by atoms with van der Waals surface area (Å²) >= 11 is 0. The van der Waals surface area contributed by atoms with Gasteiger partial charge in [-0.05, 0) is 30.7 Å². The van der Waals surface area contributed by atoms with Crippen molar-refractivity contribution in [3.63, 3.8) is 0 Å². The molecule has 0 spiro atoms. The van der Waals surface area contributed by atoms with Crippen LogP contribution in [-0.4, -0.2) is 15.0 Å². The van der Waals surface area contributed by atoms with Gasteiger partial charge in [-0.2, -0.15) is 13.1 Å². The van der Waals surface area contributed by atoms with E-state index in [1.165, 1.54) is 0 Å². The Morgan fingerprint density at radius 2 is 2.07 bits per heavy atom. The fourth-order valence-corrected chi connectivity index (χ4v) is 2.14. The maximum atomic E-state index is 11.4. The monoisotopic (exact) mass is 229 g/mol. The molecule has 84 valence electrons. The molecule has 0 saturated heterocycles. The molecule has 0 radical (unpaired) electrons. The Morgan fingerprint density at radius 1 is 1.40 bits per heavy atom. The van der Waals surface area contributed by atoms with Crippen LogP contribution in [0.2, 0.25) is 0 Å². The summed E-state index contributed by atoms with van der Waals surface area (Å²) in [5.74, 6) is 0. The summed E-state index contributed by atoms with van der Waals surface area (Å²) in [6.07, 6.45) is 0.